The first-order valence-electron chi connectivity index (χ1n) is 8.93. The number of hydrogen-bond acceptors (Lipinski definition) is 6. The highest BCUT2D eigenvalue weighted by molar-refractivity contribution is 6.31. The molecule has 0 amide bonds. The average Bonchev–Trinajstić information content (AvgIpc) is 2.69. The summed E-state index contributed by atoms with van der Waals surface area (Å²) in [6, 6.07) is 15.1. The van der Waals surface area contributed by atoms with E-state index in [9.17, 15) is 0 Å². The Morgan fingerprint density at radius 1 is 0.964 bits per heavy atom. The Morgan fingerprint density at radius 3 is 2.43 bits per heavy atom. The van der Waals surface area contributed by atoms with Crippen molar-refractivity contribution in [3.05, 3.63) is 64.9 Å². The summed E-state index contributed by atoms with van der Waals surface area (Å²) in [7, 11) is 1.64. The summed E-state index contributed by atoms with van der Waals surface area (Å²) >= 11 is 6.19. The number of nitrogens with zero attached hydrogens (tertiary/aromatic N) is 2. The van der Waals surface area contributed by atoms with E-state index in [0.717, 1.165) is 28.6 Å². The van der Waals surface area contributed by atoms with E-state index in [2.05, 4.69) is 20.6 Å². The van der Waals surface area contributed by atoms with Gasteiger partial charge in [-0.3, -0.25) is 0 Å². The summed E-state index contributed by atoms with van der Waals surface area (Å²) in [6.07, 6.45) is 0. The number of aromatic nitrogens is 2. The van der Waals surface area contributed by atoms with Crippen molar-refractivity contribution in [2.45, 2.75) is 13.8 Å². The highest BCUT2D eigenvalue weighted by Crippen LogP contribution is 2.26. The molecular formula is C21H23ClN4O2. The van der Waals surface area contributed by atoms with Gasteiger partial charge in [0.1, 0.15) is 35.6 Å². The Morgan fingerprint density at radius 2 is 1.68 bits per heavy atom. The molecule has 0 aliphatic rings. The van der Waals surface area contributed by atoms with E-state index >= 15 is 0 Å². The molecule has 2 N–H and O–H groups in total. The van der Waals surface area contributed by atoms with Crippen molar-refractivity contribution in [3.63, 3.8) is 0 Å². The van der Waals surface area contributed by atoms with Crippen molar-refractivity contribution in [1.29, 1.82) is 0 Å². The quantitative estimate of drug-likeness (QED) is 0.521. The Balaban J connectivity index is 1.57. The Labute approximate surface area is 169 Å². The number of nitrogens with one attached hydrogen (secondary N) is 2. The molecule has 1 aromatic heterocycles. The second kappa shape index (κ2) is 9.28. The van der Waals surface area contributed by atoms with Crippen LogP contribution in [0.3, 0.4) is 0 Å². The number of halogens is 1. The van der Waals surface area contributed by atoms with E-state index in [-0.39, 0.29) is 0 Å². The average molecular weight is 399 g/mol. The number of aryl methyl sites for hydroxylation is 1. The van der Waals surface area contributed by atoms with Crippen LogP contribution in [0.15, 0.2) is 48.5 Å². The molecule has 2 aromatic carbocycles. The molecule has 0 bridgehead atoms. The fourth-order valence-electron chi connectivity index (χ4n) is 2.62. The number of benzene rings is 2. The van der Waals surface area contributed by atoms with E-state index in [4.69, 9.17) is 21.1 Å². The standard InChI is InChI=1S/C21H23ClN4O2/c1-14-18(22)5-4-6-19(14)26-21-13-20(24-15(2)25-21)23-11-12-28-17-9-7-16(27-3)8-10-17/h4-10,13H,11-12H2,1-3H3,(H2,23,24,25,26). The second-order valence-corrected chi connectivity index (χ2v) is 6.58. The number of rotatable bonds is 8. The number of methoxy groups -OCH3 is 1. The van der Waals surface area contributed by atoms with Gasteiger partial charge < -0.3 is 20.1 Å². The van der Waals surface area contributed by atoms with E-state index in [1.165, 1.54) is 0 Å². The monoisotopic (exact) mass is 398 g/mol. The third-order valence-corrected chi connectivity index (χ3v) is 4.51. The molecular weight excluding hydrogens is 376 g/mol. The van der Waals surface area contributed by atoms with Gasteiger partial charge in [0, 0.05) is 16.8 Å². The van der Waals surface area contributed by atoms with Gasteiger partial charge in [-0.15, -0.1) is 0 Å². The lowest BCUT2D eigenvalue weighted by atomic mass is 10.2. The smallest absolute Gasteiger partial charge is 0.136 e. The minimum atomic E-state index is 0.505. The molecule has 28 heavy (non-hydrogen) atoms. The van der Waals surface area contributed by atoms with Gasteiger partial charge in [0.2, 0.25) is 0 Å². The summed E-state index contributed by atoms with van der Waals surface area (Å²) in [5, 5.41) is 7.28. The fraction of sp³-hybridized carbons (Fsp3) is 0.238. The fourth-order valence-corrected chi connectivity index (χ4v) is 2.80. The third-order valence-electron chi connectivity index (χ3n) is 4.10. The maximum Gasteiger partial charge on any atom is 0.136 e. The van der Waals surface area contributed by atoms with Crippen LogP contribution in [0.1, 0.15) is 11.4 Å². The van der Waals surface area contributed by atoms with Crippen LogP contribution >= 0.6 is 11.6 Å². The molecule has 3 aromatic rings. The van der Waals surface area contributed by atoms with Gasteiger partial charge in [-0.2, -0.15) is 0 Å². The maximum absolute atomic E-state index is 6.19. The maximum atomic E-state index is 6.19. The van der Waals surface area contributed by atoms with E-state index in [1.54, 1.807) is 7.11 Å². The molecule has 0 aliphatic heterocycles. The molecule has 0 saturated carbocycles. The summed E-state index contributed by atoms with van der Waals surface area (Å²) in [5.41, 5.74) is 1.89. The van der Waals surface area contributed by atoms with E-state index in [0.29, 0.717) is 29.8 Å². The molecule has 0 fully saturated rings. The van der Waals surface area contributed by atoms with Crippen LogP contribution in [0, 0.1) is 13.8 Å². The highest BCUT2D eigenvalue weighted by Gasteiger charge is 2.06. The molecule has 146 valence electrons. The first-order valence-corrected chi connectivity index (χ1v) is 9.31. The summed E-state index contributed by atoms with van der Waals surface area (Å²) in [4.78, 5) is 8.87. The molecule has 0 radical (unpaired) electrons. The van der Waals surface area contributed by atoms with Crippen molar-refractivity contribution in [1.82, 2.24) is 9.97 Å². The zero-order chi connectivity index (χ0) is 19.9. The van der Waals surface area contributed by atoms with E-state index < -0.39 is 0 Å². The van der Waals surface area contributed by atoms with Gasteiger partial charge in [-0.25, -0.2) is 9.97 Å². The number of ether oxygens (including phenoxy) is 2. The molecule has 0 saturated heterocycles. The molecule has 0 unspecified atom stereocenters. The predicted octanol–water partition coefficient (Wildman–Crippen LogP) is 4.99. The summed E-state index contributed by atoms with van der Waals surface area (Å²) in [5.74, 6) is 3.70. The molecule has 1 heterocycles. The van der Waals surface area contributed by atoms with Crippen LogP contribution in [0.2, 0.25) is 5.02 Å². The van der Waals surface area contributed by atoms with Gasteiger partial charge >= 0.3 is 0 Å². The largest absolute Gasteiger partial charge is 0.497 e. The third kappa shape index (κ3) is 5.27. The van der Waals surface area contributed by atoms with Crippen molar-refractivity contribution in [3.8, 4) is 11.5 Å². The Kier molecular flexibility index (Phi) is 6.55. The van der Waals surface area contributed by atoms with Gasteiger partial charge in [-0.1, -0.05) is 17.7 Å². The van der Waals surface area contributed by atoms with Gasteiger partial charge in [0.25, 0.3) is 0 Å². The van der Waals surface area contributed by atoms with Crippen LogP contribution in [-0.2, 0) is 0 Å². The number of hydrogen-bond donors (Lipinski definition) is 2. The van der Waals surface area contributed by atoms with Gasteiger partial charge in [0.15, 0.2) is 0 Å². The zero-order valence-corrected chi connectivity index (χ0v) is 16.9. The molecule has 0 atom stereocenters. The number of anilines is 3. The first kappa shape index (κ1) is 19.8. The van der Waals surface area contributed by atoms with Crippen LogP contribution < -0.4 is 20.1 Å². The lowest BCUT2D eigenvalue weighted by Crippen LogP contribution is -2.13. The van der Waals surface area contributed by atoms with Crippen molar-refractivity contribution < 1.29 is 9.47 Å². The lowest BCUT2D eigenvalue weighted by molar-refractivity contribution is 0.331. The Hall–Kier alpha value is -2.99. The summed E-state index contributed by atoms with van der Waals surface area (Å²) in [6.45, 7) is 4.94. The normalized spacial score (nSPS) is 10.4. The zero-order valence-electron chi connectivity index (χ0n) is 16.1. The predicted molar refractivity (Wildman–Crippen MR) is 113 cm³/mol. The van der Waals surface area contributed by atoms with Crippen LogP contribution in [0.5, 0.6) is 11.5 Å². The summed E-state index contributed by atoms with van der Waals surface area (Å²) < 4.78 is 10.9. The minimum Gasteiger partial charge on any atom is -0.497 e. The minimum absolute atomic E-state index is 0.505. The second-order valence-electron chi connectivity index (χ2n) is 6.17. The lowest BCUT2D eigenvalue weighted by Gasteiger charge is -2.13. The Bertz CT molecular complexity index is 932. The van der Waals surface area contributed by atoms with Crippen molar-refractivity contribution in [2.75, 3.05) is 30.9 Å². The van der Waals surface area contributed by atoms with Crippen molar-refractivity contribution in [2.24, 2.45) is 0 Å². The molecule has 0 spiro atoms. The van der Waals surface area contributed by atoms with Crippen LogP contribution in [-0.4, -0.2) is 30.2 Å². The highest BCUT2D eigenvalue weighted by atomic mass is 35.5. The first-order chi connectivity index (χ1) is 13.5. The van der Waals surface area contributed by atoms with Crippen molar-refractivity contribution >= 4 is 28.9 Å². The molecule has 3 rings (SSSR count). The molecule has 0 aliphatic carbocycles. The van der Waals surface area contributed by atoms with Crippen LogP contribution in [0.4, 0.5) is 17.3 Å². The van der Waals surface area contributed by atoms with Gasteiger partial charge in [0.05, 0.1) is 13.7 Å². The van der Waals surface area contributed by atoms with E-state index in [1.807, 2.05) is 62.4 Å². The topological polar surface area (TPSA) is 68.3 Å². The SMILES string of the molecule is COc1ccc(OCCNc2cc(Nc3cccc(Cl)c3C)nc(C)n2)cc1. The van der Waals surface area contributed by atoms with Crippen LogP contribution in [0.25, 0.3) is 0 Å². The molecule has 6 nitrogen and oxygen atoms in total. The molecule has 7 heteroatoms. The van der Waals surface area contributed by atoms with Gasteiger partial charge in [-0.05, 0) is 55.8 Å².